The van der Waals surface area contributed by atoms with Gasteiger partial charge in [-0.1, -0.05) is 42.0 Å². The number of hydrogen-bond acceptors (Lipinski definition) is 3. The highest BCUT2D eigenvalue weighted by molar-refractivity contribution is 7.92. The summed E-state index contributed by atoms with van der Waals surface area (Å²) < 4.78 is 27.4. The van der Waals surface area contributed by atoms with Crippen molar-refractivity contribution in [1.29, 1.82) is 0 Å². The fraction of sp³-hybridized carbons (Fsp3) is 0.222. The summed E-state index contributed by atoms with van der Waals surface area (Å²) in [6.45, 7) is 5.63. The van der Waals surface area contributed by atoms with Crippen molar-refractivity contribution in [3.8, 4) is 0 Å². The van der Waals surface area contributed by atoms with Crippen LogP contribution in [0.4, 0.5) is 5.69 Å². The molecule has 0 saturated heterocycles. The van der Waals surface area contributed by atoms with Crippen molar-refractivity contribution in [1.82, 2.24) is 0 Å². The Morgan fingerprint density at radius 3 is 2.39 bits per heavy atom. The minimum Gasteiger partial charge on any atom is -0.392 e. The van der Waals surface area contributed by atoms with E-state index in [1.807, 2.05) is 6.92 Å². The smallest absolute Gasteiger partial charge is 0.264 e. The summed E-state index contributed by atoms with van der Waals surface area (Å²) in [5.74, 6) is 0. The molecule has 23 heavy (non-hydrogen) atoms. The molecule has 0 fully saturated rings. The number of aliphatic hydroxyl groups is 1. The molecule has 0 aliphatic carbocycles. The molecule has 2 aromatic carbocycles. The van der Waals surface area contributed by atoms with Crippen molar-refractivity contribution in [2.24, 2.45) is 0 Å². The van der Waals surface area contributed by atoms with Crippen LogP contribution in [0.25, 0.3) is 0 Å². The van der Waals surface area contributed by atoms with Crippen LogP contribution in [0.1, 0.15) is 17.5 Å². The van der Waals surface area contributed by atoms with Gasteiger partial charge in [0.15, 0.2) is 0 Å². The average molecular weight is 331 g/mol. The van der Waals surface area contributed by atoms with Crippen LogP contribution in [0.3, 0.4) is 0 Å². The molecule has 0 aliphatic rings. The number of para-hydroxylation sites is 1. The van der Waals surface area contributed by atoms with Crippen molar-refractivity contribution in [3.05, 3.63) is 72.3 Å². The van der Waals surface area contributed by atoms with Gasteiger partial charge in [-0.25, -0.2) is 8.42 Å². The first-order valence-corrected chi connectivity index (χ1v) is 8.83. The molecule has 0 heterocycles. The molecule has 4 nitrogen and oxygen atoms in total. The number of benzene rings is 2. The summed E-state index contributed by atoms with van der Waals surface area (Å²) >= 11 is 0. The van der Waals surface area contributed by atoms with Gasteiger partial charge < -0.3 is 5.11 Å². The zero-order valence-electron chi connectivity index (χ0n) is 13.1. The lowest BCUT2D eigenvalue weighted by Crippen LogP contribution is -2.32. The maximum atomic E-state index is 13.0. The molecule has 0 saturated carbocycles. The molecule has 0 bridgehead atoms. The van der Waals surface area contributed by atoms with Crippen LogP contribution >= 0.6 is 0 Å². The molecule has 0 atom stereocenters. The molecule has 122 valence electrons. The van der Waals surface area contributed by atoms with Crippen LogP contribution < -0.4 is 4.31 Å². The predicted octanol–water partition coefficient (Wildman–Crippen LogP) is 3.26. The maximum absolute atomic E-state index is 13.0. The molecule has 0 aromatic heterocycles. The van der Waals surface area contributed by atoms with Crippen molar-refractivity contribution in [2.75, 3.05) is 10.8 Å². The van der Waals surface area contributed by atoms with Crippen LogP contribution in [-0.2, 0) is 16.6 Å². The number of hydrogen-bond donors (Lipinski definition) is 1. The maximum Gasteiger partial charge on any atom is 0.264 e. The van der Waals surface area contributed by atoms with E-state index in [9.17, 15) is 13.5 Å². The molecular weight excluding hydrogens is 310 g/mol. The van der Waals surface area contributed by atoms with E-state index in [2.05, 4.69) is 6.58 Å². The minimum atomic E-state index is -3.70. The highest BCUT2D eigenvalue weighted by Crippen LogP contribution is 2.27. The molecule has 0 aliphatic heterocycles. The summed E-state index contributed by atoms with van der Waals surface area (Å²) in [6.07, 6.45) is 2.20. The van der Waals surface area contributed by atoms with E-state index in [0.717, 1.165) is 5.56 Å². The standard InChI is InChI=1S/C18H21NO3S/c1-3-4-13-19(18-8-6-5-7-16(18)14-20)23(21,22)17-11-9-15(2)10-12-17/h3,5-12,20H,1,4,13-14H2,2H3. The van der Waals surface area contributed by atoms with Gasteiger partial charge in [-0.05, 0) is 31.5 Å². The molecule has 0 spiro atoms. The fourth-order valence-corrected chi connectivity index (χ4v) is 3.82. The number of aliphatic hydroxyl groups excluding tert-OH is 1. The normalized spacial score (nSPS) is 11.2. The van der Waals surface area contributed by atoms with Crippen LogP contribution in [0.5, 0.6) is 0 Å². The van der Waals surface area contributed by atoms with E-state index in [-0.39, 0.29) is 18.0 Å². The summed E-state index contributed by atoms with van der Waals surface area (Å²) in [6, 6.07) is 13.7. The Hall–Kier alpha value is -2.11. The van der Waals surface area contributed by atoms with Gasteiger partial charge >= 0.3 is 0 Å². The Bertz CT molecular complexity index is 767. The molecule has 2 rings (SSSR count). The van der Waals surface area contributed by atoms with E-state index in [4.69, 9.17) is 0 Å². The van der Waals surface area contributed by atoms with Crippen molar-refractivity contribution in [3.63, 3.8) is 0 Å². The average Bonchev–Trinajstić information content (AvgIpc) is 2.56. The molecule has 5 heteroatoms. The molecular formula is C18H21NO3S. The Kier molecular flexibility index (Phi) is 5.58. The number of aryl methyl sites for hydroxylation is 1. The van der Waals surface area contributed by atoms with Gasteiger partial charge in [0.05, 0.1) is 17.2 Å². The third kappa shape index (κ3) is 3.81. The van der Waals surface area contributed by atoms with E-state index >= 15 is 0 Å². The largest absolute Gasteiger partial charge is 0.392 e. The van der Waals surface area contributed by atoms with E-state index < -0.39 is 10.0 Å². The molecule has 0 amide bonds. The minimum absolute atomic E-state index is 0.218. The number of rotatable bonds is 7. The summed E-state index contributed by atoms with van der Waals surface area (Å²) in [7, 11) is -3.70. The first-order valence-electron chi connectivity index (χ1n) is 7.39. The molecule has 0 radical (unpaired) electrons. The van der Waals surface area contributed by atoms with E-state index in [0.29, 0.717) is 17.7 Å². The number of nitrogens with zero attached hydrogens (tertiary/aromatic N) is 1. The van der Waals surface area contributed by atoms with Crippen molar-refractivity contribution in [2.45, 2.75) is 24.8 Å². The quantitative estimate of drug-likeness (QED) is 0.792. The second-order valence-electron chi connectivity index (χ2n) is 5.25. The molecule has 1 N–H and O–H groups in total. The van der Waals surface area contributed by atoms with Crippen LogP contribution in [-0.4, -0.2) is 20.1 Å². The third-order valence-electron chi connectivity index (χ3n) is 3.58. The van der Waals surface area contributed by atoms with Gasteiger partial charge in [0.1, 0.15) is 0 Å². The number of sulfonamides is 1. The summed E-state index contributed by atoms with van der Waals surface area (Å²) in [4.78, 5) is 0.236. The second kappa shape index (κ2) is 7.44. The Morgan fingerprint density at radius 2 is 1.78 bits per heavy atom. The monoisotopic (exact) mass is 331 g/mol. The first-order chi connectivity index (χ1) is 11.0. The highest BCUT2D eigenvalue weighted by Gasteiger charge is 2.25. The van der Waals surface area contributed by atoms with Gasteiger partial charge in [-0.3, -0.25) is 4.31 Å². The predicted molar refractivity (Wildman–Crippen MR) is 92.9 cm³/mol. The van der Waals surface area contributed by atoms with Gasteiger partial charge in [0.25, 0.3) is 10.0 Å². The topological polar surface area (TPSA) is 57.6 Å². The Labute approximate surface area is 137 Å². The van der Waals surface area contributed by atoms with E-state index in [1.165, 1.54) is 4.31 Å². The van der Waals surface area contributed by atoms with Crippen LogP contribution in [0, 0.1) is 6.92 Å². The zero-order valence-corrected chi connectivity index (χ0v) is 14.0. The summed E-state index contributed by atoms with van der Waals surface area (Å²) in [5, 5.41) is 9.52. The van der Waals surface area contributed by atoms with E-state index in [1.54, 1.807) is 54.6 Å². The molecule has 0 unspecified atom stereocenters. The van der Waals surface area contributed by atoms with Crippen LogP contribution in [0.15, 0.2) is 66.1 Å². The Morgan fingerprint density at radius 1 is 1.13 bits per heavy atom. The number of anilines is 1. The van der Waals surface area contributed by atoms with Crippen molar-refractivity contribution >= 4 is 15.7 Å². The van der Waals surface area contributed by atoms with Gasteiger partial charge in [0, 0.05) is 12.1 Å². The van der Waals surface area contributed by atoms with Gasteiger partial charge in [-0.2, -0.15) is 0 Å². The lowest BCUT2D eigenvalue weighted by Gasteiger charge is -2.26. The highest BCUT2D eigenvalue weighted by atomic mass is 32.2. The summed E-state index contributed by atoms with van der Waals surface area (Å²) in [5.41, 5.74) is 2.07. The lowest BCUT2D eigenvalue weighted by atomic mass is 10.2. The Balaban J connectivity index is 2.53. The second-order valence-corrected chi connectivity index (χ2v) is 7.12. The third-order valence-corrected chi connectivity index (χ3v) is 5.40. The van der Waals surface area contributed by atoms with Gasteiger partial charge in [0.2, 0.25) is 0 Å². The SMILES string of the molecule is C=CCCN(c1ccccc1CO)S(=O)(=O)c1ccc(C)cc1. The first kappa shape index (κ1) is 17.2. The fourth-order valence-electron chi connectivity index (χ4n) is 2.30. The molecule has 2 aromatic rings. The lowest BCUT2D eigenvalue weighted by molar-refractivity contribution is 0.282. The van der Waals surface area contributed by atoms with Crippen molar-refractivity contribution < 1.29 is 13.5 Å². The zero-order chi connectivity index (χ0) is 16.9. The van der Waals surface area contributed by atoms with Crippen LogP contribution in [0.2, 0.25) is 0 Å². The van der Waals surface area contributed by atoms with Gasteiger partial charge in [-0.15, -0.1) is 6.58 Å².